The molecule has 0 N–H and O–H groups in total. The molecule has 2 aromatic rings. The lowest BCUT2D eigenvalue weighted by molar-refractivity contribution is 0.0512. The first-order valence-electron chi connectivity index (χ1n) is 5.17. The van der Waals surface area contributed by atoms with Crippen LogP contribution in [0.5, 0.6) is 5.75 Å². The molecule has 4 heteroatoms. The summed E-state index contributed by atoms with van der Waals surface area (Å²) < 4.78 is 24.7. The summed E-state index contributed by atoms with van der Waals surface area (Å²) in [6, 6.07) is 6.68. The second-order valence-corrected chi connectivity index (χ2v) is 4.78. The van der Waals surface area contributed by atoms with Crippen LogP contribution in [-0.4, -0.2) is 13.9 Å². The van der Waals surface area contributed by atoms with Crippen LogP contribution in [0.2, 0.25) is 0 Å². The molecule has 0 radical (unpaired) electrons. The lowest BCUT2D eigenvalue weighted by Crippen LogP contribution is -1.99. The van der Waals surface area contributed by atoms with Gasteiger partial charge in [-0.15, -0.1) is 6.42 Å². The molecule has 2 rings (SSSR count). The number of terminal acetylenes is 1. The fraction of sp³-hybridized carbons (Fsp3) is 0.143. The Morgan fingerprint density at radius 2 is 2.17 bits per heavy atom. The van der Waals surface area contributed by atoms with Crippen molar-refractivity contribution in [1.29, 1.82) is 0 Å². The molecule has 92 valence electrons. The number of benzene rings is 2. The highest BCUT2D eigenvalue weighted by atomic mass is 127. The number of ether oxygens (including phenoxy) is 2. The van der Waals surface area contributed by atoms with Gasteiger partial charge in [-0.2, -0.15) is 0 Å². The fourth-order valence-electron chi connectivity index (χ4n) is 1.71. The van der Waals surface area contributed by atoms with Crippen molar-refractivity contribution in [2.45, 2.75) is 0 Å². The zero-order chi connectivity index (χ0) is 13.1. The number of halogens is 2. The zero-order valence-electron chi connectivity index (χ0n) is 9.67. The maximum atomic E-state index is 13.6. The highest BCUT2D eigenvalue weighted by Crippen LogP contribution is 2.30. The molecular formula is C14H10FIO2. The molecule has 0 aliphatic heterocycles. The van der Waals surface area contributed by atoms with Crippen molar-refractivity contribution in [1.82, 2.24) is 0 Å². The molecule has 18 heavy (non-hydrogen) atoms. The van der Waals surface area contributed by atoms with Crippen LogP contribution in [0.1, 0.15) is 5.56 Å². The van der Waals surface area contributed by atoms with Crippen LogP contribution in [0.4, 0.5) is 4.39 Å². The predicted molar refractivity (Wildman–Crippen MR) is 77.1 cm³/mol. The first-order chi connectivity index (χ1) is 8.67. The van der Waals surface area contributed by atoms with Gasteiger partial charge in [0, 0.05) is 16.1 Å². The Balaban J connectivity index is 2.62. The van der Waals surface area contributed by atoms with Crippen molar-refractivity contribution in [3.63, 3.8) is 0 Å². The highest BCUT2D eigenvalue weighted by Gasteiger charge is 2.10. The highest BCUT2D eigenvalue weighted by molar-refractivity contribution is 14.1. The van der Waals surface area contributed by atoms with Gasteiger partial charge in [-0.05, 0) is 46.2 Å². The summed E-state index contributed by atoms with van der Waals surface area (Å²) in [5, 5.41) is 1.59. The molecule has 0 bridgehead atoms. The number of hydrogen-bond acceptors (Lipinski definition) is 2. The molecule has 0 amide bonds. The Morgan fingerprint density at radius 1 is 1.39 bits per heavy atom. The van der Waals surface area contributed by atoms with Crippen molar-refractivity contribution in [3.8, 4) is 18.1 Å². The Bertz CT molecular complexity index is 632. The smallest absolute Gasteiger partial charge is 0.188 e. The van der Waals surface area contributed by atoms with Crippen molar-refractivity contribution in [2.24, 2.45) is 0 Å². The second kappa shape index (κ2) is 5.55. The first kappa shape index (κ1) is 13.1. The van der Waals surface area contributed by atoms with Crippen LogP contribution in [0, 0.1) is 21.7 Å². The maximum absolute atomic E-state index is 13.6. The summed E-state index contributed by atoms with van der Waals surface area (Å²) in [7, 11) is 1.55. The van der Waals surface area contributed by atoms with Crippen molar-refractivity contribution < 1.29 is 13.9 Å². The van der Waals surface area contributed by atoms with Crippen molar-refractivity contribution in [3.05, 3.63) is 39.2 Å². The quantitative estimate of drug-likeness (QED) is 0.476. The van der Waals surface area contributed by atoms with E-state index in [-0.39, 0.29) is 18.2 Å². The van der Waals surface area contributed by atoms with Crippen molar-refractivity contribution >= 4 is 33.4 Å². The molecule has 0 aliphatic rings. The van der Waals surface area contributed by atoms with E-state index in [1.165, 1.54) is 6.07 Å². The molecule has 0 unspecified atom stereocenters. The maximum Gasteiger partial charge on any atom is 0.188 e. The summed E-state index contributed by atoms with van der Waals surface area (Å²) >= 11 is 2.12. The van der Waals surface area contributed by atoms with Gasteiger partial charge in [-0.25, -0.2) is 4.39 Å². The molecule has 0 aliphatic carbocycles. The van der Waals surface area contributed by atoms with Crippen LogP contribution >= 0.6 is 22.6 Å². The minimum atomic E-state index is -0.381. The van der Waals surface area contributed by atoms with Crippen molar-refractivity contribution in [2.75, 3.05) is 13.9 Å². The minimum absolute atomic E-state index is 0.171. The largest absolute Gasteiger partial charge is 0.468 e. The molecular weight excluding hydrogens is 346 g/mol. The van der Waals surface area contributed by atoms with Gasteiger partial charge in [-0.1, -0.05) is 12.0 Å². The number of rotatable bonds is 3. The third-order valence-electron chi connectivity index (χ3n) is 2.48. The summed E-state index contributed by atoms with van der Waals surface area (Å²) in [6.45, 7) is 0.171. The van der Waals surface area contributed by atoms with E-state index in [0.717, 1.165) is 14.3 Å². The van der Waals surface area contributed by atoms with Crippen LogP contribution in [-0.2, 0) is 4.74 Å². The molecule has 0 spiro atoms. The average Bonchev–Trinajstić information content (AvgIpc) is 2.37. The Kier molecular flexibility index (Phi) is 4.04. The van der Waals surface area contributed by atoms with E-state index in [2.05, 4.69) is 28.5 Å². The molecule has 0 atom stereocenters. The van der Waals surface area contributed by atoms with E-state index in [4.69, 9.17) is 15.9 Å². The van der Waals surface area contributed by atoms with Crippen LogP contribution in [0.3, 0.4) is 0 Å². The number of hydrogen-bond donors (Lipinski definition) is 0. The normalized spacial score (nSPS) is 10.3. The molecule has 0 fully saturated rings. The van der Waals surface area contributed by atoms with Gasteiger partial charge >= 0.3 is 0 Å². The Hall–Kier alpha value is -1.32. The Labute approximate surface area is 118 Å². The zero-order valence-corrected chi connectivity index (χ0v) is 11.8. The second-order valence-electron chi connectivity index (χ2n) is 3.62. The van der Waals surface area contributed by atoms with Crippen LogP contribution < -0.4 is 4.74 Å². The summed E-state index contributed by atoms with van der Waals surface area (Å²) in [4.78, 5) is 0. The SMILES string of the molecule is C#Cc1c(F)ccc2cc(OCOC)cc(I)c12. The van der Waals surface area contributed by atoms with Gasteiger partial charge in [0.05, 0.1) is 5.56 Å². The summed E-state index contributed by atoms with van der Waals surface area (Å²) in [6.07, 6.45) is 5.36. The molecule has 0 saturated heterocycles. The van der Waals surface area contributed by atoms with E-state index in [1.807, 2.05) is 12.1 Å². The topological polar surface area (TPSA) is 18.5 Å². The average molecular weight is 356 g/mol. The molecule has 0 aromatic heterocycles. The first-order valence-corrected chi connectivity index (χ1v) is 6.25. The third-order valence-corrected chi connectivity index (χ3v) is 3.33. The Morgan fingerprint density at radius 3 is 2.83 bits per heavy atom. The lowest BCUT2D eigenvalue weighted by Gasteiger charge is -2.09. The summed E-state index contributed by atoms with van der Waals surface area (Å²) in [5.74, 6) is 2.69. The number of methoxy groups -OCH3 is 1. The third kappa shape index (κ3) is 2.42. The van der Waals surface area contributed by atoms with E-state index in [0.29, 0.717) is 5.75 Å². The lowest BCUT2D eigenvalue weighted by atomic mass is 10.0. The van der Waals surface area contributed by atoms with E-state index < -0.39 is 0 Å². The van der Waals surface area contributed by atoms with Crippen LogP contribution in [0.15, 0.2) is 24.3 Å². The van der Waals surface area contributed by atoms with Gasteiger partial charge in [-0.3, -0.25) is 0 Å². The van der Waals surface area contributed by atoms with Gasteiger partial charge in [0.25, 0.3) is 0 Å². The van der Waals surface area contributed by atoms with Gasteiger partial charge < -0.3 is 9.47 Å². The molecule has 0 saturated carbocycles. The molecule has 2 aromatic carbocycles. The van der Waals surface area contributed by atoms with E-state index in [9.17, 15) is 4.39 Å². The fourth-order valence-corrected chi connectivity index (χ4v) is 2.60. The van der Waals surface area contributed by atoms with Crippen LogP contribution in [0.25, 0.3) is 10.8 Å². The standard InChI is InChI=1S/C14H10FIO2/c1-3-11-12(15)5-4-9-6-10(18-8-17-2)7-13(16)14(9)11/h1,4-7H,8H2,2H3. The number of fused-ring (bicyclic) bond motifs is 1. The molecule has 2 nitrogen and oxygen atoms in total. The predicted octanol–water partition coefficient (Wildman–Crippen LogP) is 3.55. The van der Waals surface area contributed by atoms with E-state index in [1.54, 1.807) is 13.2 Å². The van der Waals surface area contributed by atoms with Gasteiger partial charge in [0.15, 0.2) is 6.79 Å². The van der Waals surface area contributed by atoms with Gasteiger partial charge in [0.2, 0.25) is 0 Å². The minimum Gasteiger partial charge on any atom is -0.468 e. The van der Waals surface area contributed by atoms with Gasteiger partial charge in [0.1, 0.15) is 11.6 Å². The molecule has 0 heterocycles. The monoisotopic (exact) mass is 356 g/mol. The summed E-state index contributed by atoms with van der Waals surface area (Å²) in [5.41, 5.74) is 0.287. The van der Waals surface area contributed by atoms with E-state index >= 15 is 0 Å².